The van der Waals surface area contributed by atoms with E-state index < -0.39 is 11.8 Å². The maximum atomic E-state index is 13.6. The molecule has 20 heavy (non-hydrogen) atoms. The van der Waals surface area contributed by atoms with Gasteiger partial charge in [0, 0.05) is 25.1 Å². The Bertz CT molecular complexity index is 479. The van der Waals surface area contributed by atoms with Gasteiger partial charge in [-0.2, -0.15) is 0 Å². The lowest BCUT2D eigenvalue weighted by atomic mass is 9.93. The van der Waals surface area contributed by atoms with Gasteiger partial charge in [-0.3, -0.25) is 9.69 Å². The Hall–Kier alpha value is -1.49. The van der Waals surface area contributed by atoms with Crippen molar-refractivity contribution in [3.05, 3.63) is 35.4 Å². The van der Waals surface area contributed by atoms with Crippen molar-refractivity contribution in [1.29, 1.82) is 0 Å². The third-order valence-electron chi connectivity index (χ3n) is 3.77. The highest BCUT2D eigenvalue weighted by Gasteiger charge is 2.21. The molecule has 3 nitrogen and oxygen atoms in total. The van der Waals surface area contributed by atoms with E-state index in [4.69, 9.17) is 5.11 Å². The van der Waals surface area contributed by atoms with Crippen molar-refractivity contribution in [2.45, 2.75) is 32.2 Å². The maximum Gasteiger partial charge on any atom is 0.303 e. The number of rotatable bonds is 5. The van der Waals surface area contributed by atoms with Crippen LogP contribution < -0.4 is 0 Å². The molecule has 110 valence electrons. The SMILES string of the molecule is O=C(O)CCC1CCCN(Cc2cc(F)ccc2F)C1. The van der Waals surface area contributed by atoms with Gasteiger partial charge in [-0.05, 0) is 49.9 Å². The highest BCUT2D eigenvalue weighted by Crippen LogP contribution is 2.23. The molecule has 1 heterocycles. The predicted octanol–water partition coefficient (Wildman–Crippen LogP) is 3.04. The van der Waals surface area contributed by atoms with Gasteiger partial charge in [0.1, 0.15) is 11.6 Å². The zero-order valence-electron chi connectivity index (χ0n) is 11.3. The molecule has 1 fully saturated rings. The maximum absolute atomic E-state index is 13.6. The number of piperidine rings is 1. The minimum atomic E-state index is -0.779. The van der Waals surface area contributed by atoms with Crippen molar-refractivity contribution in [3.8, 4) is 0 Å². The molecule has 2 rings (SSSR count). The smallest absolute Gasteiger partial charge is 0.303 e. The second-order valence-corrected chi connectivity index (χ2v) is 5.41. The Balaban J connectivity index is 1.92. The van der Waals surface area contributed by atoms with Crippen molar-refractivity contribution in [1.82, 2.24) is 4.90 Å². The van der Waals surface area contributed by atoms with E-state index in [9.17, 15) is 13.6 Å². The molecule has 1 unspecified atom stereocenters. The number of nitrogens with zero attached hydrogens (tertiary/aromatic N) is 1. The molecule has 0 aliphatic carbocycles. The van der Waals surface area contributed by atoms with Gasteiger partial charge in [0.05, 0.1) is 0 Å². The Morgan fingerprint density at radius 3 is 2.95 bits per heavy atom. The molecule has 1 aromatic carbocycles. The summed E-state index contributed by atoms with van der Waals surface area (Å²) < 4.78 is 26.7. The highest BCUT2D eigenvalue weighted by molar-refractivity contribution is 5.66. The van der Waals surface area contributed by atoms with Crippen LogP contribution in [0.1, 0.15) is 31.2 Å². The molecule has 0 amide bonds. The lowest BCUT2D eigenvalue weighted by Crippen LogP contribution is -2.35. The van der Waals surface area contributed by atoms with Crippen LogP contribution in [0.3, 0.4) is 0 Å². The van der Waals surface area contributed by atoms with Crippen LogP contribution in [0.2, 0.25) is 0 Å². The van der Waals surface area contributed by atoms with E-state index in [-0.39, 0.29) is 12.2 Å². The summed E-state index contributed by atoms with van der Waals surface area (Å²) in [5, 5.41) is 8.71. The summed E-state index contributed by atoms with van der Waals surface area (Å²) in [5.41, 5.74) is 0.365. The summed E-state index contributed by atoms with van der Waals surface area (Å²) in [6.45, 7) is 1.98. The van der Waals surface area contributed by atoms with E-state index in [2.05, 4.69) is 4.90 Å². The monoisotopic (exact) mass is 283 g/mol. The fourth-order valence-electron chi connectivity index (χ4n) is 2.76. The summed E-state index contributed by atoms with van der Waals surface area (Å²) in [5.74, 6) is -1.27. The van der Waals surface area contributed by atoms with Gasteiger partial charge in [0.25, 0.3) is 0 Å². The number of carboxylic acid groups (broad SMARTS) is 1. The highest BCUT2D eigenvalue weighted by atomic mass is 19.1. The lowest BCUT2D eigenvalue weighted by molar-refractivity contribution is -0.137. The molecule has 1 aromatic rings. The zero-order valence-corrected chi connectivity index (χ0v) is 11.3. The van der Waals surface area contributed by atoms with Crippen molar-refractivity contribution in [2.75, 3.05) is 13.1 Å². The van der Waals surface area contributed by atoms with E-state index in [1.807, 2.05) is 0 Å². The van der Waals surface area contributed by atoms with Gasteiger partial charge < -0.3 is 5.11 Å². The summed E-state index contributed by atoms with van der Waals surface area (Å²) >= 11 is 0. The summed E-state index contributed by atoms with van der Waals surface area (Å²) in [7, 11) is 0. The molecular formula is C15H19F2NO2. The second kappa shape index (κ2) is 6.79. The first-order valence-corrected chi connectivity index (χ1v) is 6.92. The first-order valence-electron chi connectivity index (χ1n) is 6.92. The largest absolute Gasteiger partial charge is 0.481 e. The third kappa shape index (κ3) is 4.27. The number of benzene rings is 1. The van der Waals surface area contributed by atoms with Gasteiger partial charge >= 0.3 is 5.97 Å². The van der Waals surface area contributed by atoms with E-state index in [0.717, 1.165) is 38.1 Å². The summed E-state index contributed by atoms with van der Waals surface area (Å²) in [4.78, 5) is 12.7. The molecule has 5 heteroatoms. The molecule has 0 radical (unpaired) electrons. The number of carbonyl (C=O) groups is 1. The molecule has 0 saturated carbocycles. The van der Waals surface area contributed by atoms with Gasteiger partial charge in [-0.25, -0.2) is 8.78 Å². The van der Waals surface area contributed by atoms with Crippen molar-refractivity contribution >= 4 is 5.97 Å². The minimum absolute atomic E-state index is 0.173. The average molecular weight is 283 g/mol. The molecule has 1 aliphatic heterocycles. The number of hydrogen-bond donors (Lipinski definition) is 1. The van der Waals surface area contributed by atoms with Gasteiger partial charge in [-0.15, -0.1) is 0 Å². The standard InChI is InChI=1S/C15H19F2NO2/c16-13-4-5-14(17)12(8-13)10-18-7-1-2-11(9-18)3-6-15(19)20/h4-5,8,11H,1-3,6-7,9-10H2,(H,19,20). The normalized spacial score (nSPS) is 20.0. The molecular weight excluding hydrogens is 264 g/mol. The Labute approximate surface area is 117 Å². The number of halogens is 2. The van der Waals surface area contributed by atoms with Crippen molar-refractivity contribution in [2.24, 2.45) is 5.92 Å². The summed E-state index contributed by atoms with van der Waals surface area (Å²) in [6, 6.07) is 3.50. The third-order valence-corrected chi connectivity index (χ3v) is 3.77. The molecule has 1 atom stereocenters. The van der Waals surface area contributed by atoms with Crippen LogP contribution in [0.25, 0.3) is 0 Å². The number of aliphatic carboxylic acids is 1. The topological polar surface area (TPSA) is 40.5 Å². The van der Waals surface area contributed by atoms with Gasteiger partial charge in [0.15, 0.2) is 0 Å². The van der Waals surface area contributed by atoms with Crippen LogP contribution in [0.5, 0.6) is 0 Å². The van der Waals surface area contributed by atoms with Crippen LogP contribution in [0, 0.1) is 17.6 Å². The average Bonchev–Trinajstić information content (AvgIpc) is 2.41. The van der Waals surface area contributed by atoms with Crippen LogP contribution >= 0.6 is 0 Å². The molecule has 0 aromatic heterocycles. The van der Waals surface area contributed by atoms with E-state index in [1.165, 1.54) is 6.07 Å². The van der Waals surface area contributed by atoms with Crippen LogP contribution in [0.15, 0.2) is 18.2 Å². The molecule has 0 bridgehead atoms. The number of likely N-dealkylation sites (tertiary alicyclic amines) is 1. The fourth-order valence-corrected chi connectivity index (χ4v) is 2.76. The number of hydrogen-bond acceptors (Lipinski definition) is 2. The fraction of sp³-hybridized carbons (Fsp3) is 0.533. The number of carboxylic acids is 1. The minimum Gasteiger partial charge on any atom is -0.481 e. The Morgan fingerprint density at radius 2 is 2.20 bits per heavy atom. The molecule has 1 saturated heterocycles. The summed E-state index contributed by atoms with van der Waals surface area (Å²) in [6.07, 6.45) is 2.81. The molecule has 1 N–H and O–H groups in total. The first-order chi connectivity index (χ1) is 9.54. The van der Waals surface area contributed by atoms with E-state index in [0.29, 0.717) is 24.4 Å². The van der Waals surface area contributed by atoms with Crippen molar-refractivity contribution in [3.63, 3.8) is 0 Å². The van der Waals surface area contributed by atoms with Crippen LogP contribution in [0.4, 0.5) is 8.78 Å². The molecule has 1 aliphatic rings. The van der Waals surface area contributed by atoms with E-state index >= 15 is 0 Å². The Morgan fingerprint density at radius 1 is 1.40 bits per heavy atom. The quantitative estimate of drug-likeness (QED) is 0.903. The first kappa shape index (κ1) is 14.9. The zero-order chi connectivity index (χ0) is 14.5. The van der Waals surface area contributed by atoms with Crippen LogP contribution in [-0.2, 0) is 11.3 Å². The second-order valence-electron chi connectivity index (χ2n) is 5.41. The van der Waals surface area contributed by atoms with E-state index in [1.54, 1.807) is 0 Å². The van der Waals surface area contributed by atoms with Crippen molar-refractivity contribution < 1.29 is 18.7 Å². The van der Waals surface area contributed by atoms with Crippen LogP contribution in [-0.4, -0.2) is 29.1 Å². The Kier molecular flexibility index (Phi) is 5.06. The molecule has 0 spiro atoms. The van der Waals surface area contributed by atoms with Gasteiger partial charge in [-0.1, -0.05) is 0 Å². The lowest BCUT2D eigenvalue weighted by Gasteiger charge is -2.32. The van der Waals surface area contributed by atoms with Gasteiger partial charge in [0.2, 0.25) is 0 Å². The predicted molar refractivity (Wildman–Crippen MR) is 71.2 cm³/mol.